The number of aryl methyl sites for hydroxylation is 4. The number of hydrogen-bond acceptors (Lipinski definition) is 11. The maximum atomic E-state index is 12.5. The molecule has 15 nitrogen and oxygen atoms in total. The van der Waals surface area contributed by atoms with Crippen LogP contribution in [0.5, 0.6) is 0 Å². The van der Waals surface area contributed by atoms with Gasteiger partial charge in [-0.2, -0.15) is 0 Å². The molecule has 328 valence electrons. The van der Waals surface area contributed by atoms with Crippen LogP contribution in [0.4, 0.5) is 0 Å². The van der Waals surface area contributed by atoms with Crippen LogP contribution >= 0.6 is 0 Å². The highest BCUT2D eigenvalue weighted by Gasteiger charge is 2.28. The highest BCUT2D eigenvalue weighted by molar-refractivity contribution is 7.89. The number of carbonyl (C=O) groups excluding carboxylic acids is 3. The lowest BCUT2D eigenvalue weighted by molar-refractivity contribution is -0.121. The molecule has 2 aromatic carbocycles. The van der Waals surface area contributed by atoms with Crippen molar-refractivity contribution in [1.82, 2.24) is 18.8 Å². The largest absolute Gasteiger partial charge is 0.478 e. The van der Waals surface area contributed by atoms with Crippen molar-refractivity contribution in [2.24, 2.45) is 0 Å². The zero-order valence-electron chi connectivity index (χ0n) is 34.9. The summed E-state index contributed by atoms with van der Waals surface area (Å²) < 4.78 is 62.7. The van der Waals surface area contributed by atoms with Crippen LogP contribution in [0, 0.1) is 13.8 Å². The normalized spacial score (nSPS) is 15.0. The molecule has 2 aromatic rings. The van der Waals surface area contributed by atoms with Crippen LogP contribution in [0.3, 0.4) is 0 Å². The lowest BCUT2D eigenvalue weighted by Gasteiger charge is -2.25. The fourth-order valence-electron chi connectivity index (χ4n) is 6.01. The highest BCUT2D eigenvalue weighted by Crippen LogP contribution is 2.18. The molecular formula is C42H62N4O11S2. The summed E-state index contributed by atoms with van der Waals surface area (Å²) in [5.74, 6) is -0.923. The number of sulfonamides is 2. The van der Waals surface area contributed by atoms with E-state index in [9.17, 15) is 36.0 Å². The van der Waals surface area contributed by atoms with Gasteiger partial charge in [0.1, 0.15) is 11.6 Å². The number of likely N-dealkylation sites (N-methyl/N-ethyl adjacent to an activating group) is 2. The molecule has 2 saturated heterocycles. The van der Waals surface area contributed by atoms with Crippen LogP contribution in [-0.2, 0) is 52.0 Å². The smallest absolute Gasteiger partial charge is 0.335 e. The van der Waals surface area contributed by atoms with E-state index in [1.807, 2.05) is 20.0 Å². The lowest BCUT2D eigenvalue weighted by Crippen LogP contribution is -2.40. The second-order valence-electron chi connectivity index (χ2n) is 14.2. The molecule has 0 radical (unpaired) electrons. The first-order chi connectivity index (χ1) is 27.9. The van der Waals surface area contributed by atoms with Gasteiger partial charge in [-0.15, -0.1) is 13.2 Å². The fraction of sp³-hybridized carbons (Fsp3) is 0.524. The number of piperidine rings is 2. The van der Waals surface area contributed by atoms with Gasteiger partial charge in [0.05, 0.1) is 43.5 Å². The van der Waals surface area contributed by atoms with Crippen LogP contribution in [0.25, 0.3) is 0 Å². The van der Waals surface area contributed by atoms with Crippen molar-refractivity contribution < 1.29 is 50.6 Å². The van der Waals surface area contributed by atoms with E-state index < -0.39 is 26.0 Å². The van der Waals surface area contributed by atoms with Gasteiger partial charge in [-0.3, -0.25) is 14.4 Å². The summed E-state index contributed by atoms with van der Waals surface area (Å²) >= 11 is 0. The van der Waals surface area contributed by atoms with E-state index in [0.29, 0.717) is 57.6 Å². The third-order valence-corrected chi connectivity index (χ3v) is 13.4. The van der Waals surface area contributed by atoms with E-state index in [-0.39, 0.29) is 73.6 Å². The van der Waals surface area contributed by atoms with Crippen molar-refractivity contribution in [2.75, 3.05) is 91.3 Å². The van der Waals surface area contributed by atoms with E-state index in [4.69, 9.17) is 14.6 Å². The second kappa shape index (κ2) is 26.2. The molecule has 2 aliphatic rings. The Morgan fingerprint density at radius 1 is 0.763 bits per heavy atom. The van der Waals surface area contributed by atoms with Crippen molar-refractivity contribution in [1.29, 1.82) is 0 Å². The molecule has 17 heteroatoms. The second-order valence-corrected chi connectivity index (χ2v) is 18.3. The minimum atomic E-state index is -3.39. The molecular weight excluding hydrogens is 801 g/mol. The number of aromatic carboxylic acids is 1. The van der Waals surface area contributed by atoms with Crippen molar-refractivity contribution in [3.05, 3.63) is 95.1 Å². The Morgan fingerprint density at radius 2 is 1.19 bits per heavy atom. The Kier molecular flexibility index (Phi) is 22.7. The van der Waals surface area contributed by atoms with Gasteiger partial charge in [0.15, 0.2) is 0 Å². The molecule has 0 saturated carbocycles. The molecule has 2 aliphatic heterocycles. The van der Waals surface area contributed by atoms with Gasteiger partial charge in [-0.1, -0.05) is 24.3 Å². The number of hydrogen-bond donors (Lipinski definition) is 2. The minimum Gasteiger partial charge on any atom is -0.478 e. The van der Waals surface area contributed by atoms with E-state index >= 15 is 0 Å². The van der Waals surface area contributed by atoms with Gasteiger partial charge in [-0.05, 0) is 80.3 Å². The van der Waals surface area contributed by atoms with Crippen molar-refractivity contribution >= 4 is 43.5 Å². The zero-order valence-corrected chi connectivity index (χ0v) is 36.6. The maximum Gasteiger partial charge on any atom is 0.335 e. The maximum absolute atomic E-state index is 12.5. The molecule has 0 aliphatic carbocycles. The van der Waals surface area contributed by atoms with E-state index in [1.165, 1.54) is 14.7 Å². The standard InChI is InChI=1S/C21H30N2O5S.C15H19NO5S.C6H13NO/c1-4-13-28-14-12-22(3)21(25)19-6-5-18(17(2)16-19)9-15-29(26,27)23-10-7-20(24)8-11-23;1-11-10-13(15(18)19)3-2-12(11)6-9-22(20,21)16-7-4-14(17)5-8-16;1-3-5-8-6-4-7-2/h4-6,16H,1,7-15H2,2-3H3;2-3,10H,4-9H2,1H3,(H,18,19);3,7H,1,4-6H2,2H3. The highest BCUT2D eigenvalue weighted by atomic mass is 32.2. The van der Waals surface area contributed by atoms with Gasteiger partial charge >= 0.3 is 5.97 Å². The Balaban J connectivity index is 0.000000352. The molecule has 59 heavy (non-hydrogen) atoms. The molecule has 0 bridgehead atoms. The number of benzene rings is 2. The first-order valence-corrected chi connectivity index (χ1v) is 22.9. The summed E-state index contributed by atoms with van der Waals surface area (Å²) in [6, 6.07) is 10.0. The predicted molar refractivity (Wildman–Crippen MR) is 229 cm³/mol. The van der Waals surface area contributed by atoms with Gasteiger partial charge in [0, 0.05) is 77.6 Å². The Hall–Kier alpha value is -4.10. The number of ether oxygens (including phenoxy) is 2. The monoisotopic (exact) mass is 862 g/mol. The van der Waals surface area contributed by atoms with Crippen LogP contribution < -0.4 is 5.32 Å². The summed E-state index contributed by atoms with van der Waals surface area (Å²) in [5, 5.41) is 11.9. The van der Waals surface area contributed by atoms with E-state index in [2.05, 4.69) is 18.5 Å². The van der Waals surface area contributed by atoms with Gasteiger partial charge in [0.25, 0.3) is 5.91 Å². The molecule has 0 unspecified atom stereocenters. The van der Waals surface area contributed by atoms with Crippen molar-refractivity contribution in [3.8, 4) is 0 Å². The number of carbonyl (C=O) groups is 4. The number of carboxylic acid groups (broad SMARTS) is 1. The number of carboxylic acids is 1. The average molecular weight is 863 g/mol. The number of Topliss-reactive ketones (excluding diaryl/α,β-unsaturated/α-hetero) is 2. The van der Waals surface area contributed by atoms with Crippen LogP contribution in [0.15, 0.2) is 61.7 Å². The Bertz CT molecular complexity index is 1930. The van der Waals surface area contributed by atoms with Crippen molar-refractivity contribution in [2.45, 2.75) is 52.4 Å². The molecule has 2 heterocycles. The number of rotatable bonds is 20. The lowest BCUT2D eigenvalue weighted by atomic mass is 10.0. The number of nitrogens with zero attached hydrogens (tertiary/aromatic N) is 3. The molecule has 0 atom stereocenters. The van der Waals surface area contributed by atoms with Gasteiger partial charge in [-0.25, -0.2) is 30.2 Å². The third-order valence-electron chi connectivity index (χ3n) is 9.67. The predicted octanol–water partition coefficient (Wildman–Crippen LogP) is 3.45. The third kappa shape index (κ3) is 18.4. The topological polar surface area (TPSA) is 197 Å². The molecule has 2 fully saturated rings. The van der Waals surface area contributed by atoms with Gasteiger partial charge < -0.3 is 24.8 Å². The number of ketones is 2. The van der Waals surface area contributed by atoms with Crippen LogP contribution in [-0.4, -0.2) is 150 Å². The van der Waals surface area contributed by atoms with E-state index in [1.54, 1.807) is 55.3 Å². The SMILES string of the molecule is C=CCOCCN(C)C(=O)c1ccc(CCS(=O)(=O)N2CCC(=O)CC2)c(C)c1.C=CCOCCNC.Cc1cc(C(=O)O)ccc1CCS(=O)(=O)N1CCC(=O)CC1. The summed E-state index contributed by atoms with van der Waals surface area (Å²) in [4.78, 5) is 47.5. The summed E-state index contributed by atoms with van der Waals surface area (Å²) in [7, 11) is -3.15. The zero-order chi connectivity index (χ0) is 44.0. The minimum absolute atomic E-state index is 0.00410. The summed E-state index contributed by atoms with van der Waals surface area (Å²) in [6.07, 6.45) is 5.26. The van der Waals surface area contributed by atoms with Gasteiger partial charge in [0.2, 0.25) is 20.0 Å². The van der Waals surface area contributed by atoms with Crippen LogP contribution in [0.1, 0.15) is 68.7 Å². The average Bonchev–Trinajstić information content (AvgIpc) is 3.20. The number of nitrogens with one attached hydrogen (secondary N) is 1. The quantitative estimate of drug-likeness (QED) is 0.146. The molecule has 0 spiro atoms. The van der Waals surface area contributed by atoms with Crippen molar-refractivity contribution in [3.63, 3.8) is 0 Å². The van der Waals surface area contributed by atoms with Crippen LogP contribution in [0.2, 0.25) is 0 Å². The molecule has 1 amide bonds. The first kappa shape index (κ1) is 51.0. The fourth-order valence-corrected chi connectivity index (χ4v) is 8.96. The summed E-state index contributed by atoms with van der Waals surface area (Å²) in [6.45, 7) is 15.5. The molecule has 4 rings (SSSR count). The Morgan fingerprint density at radius 3 is 1.59 bits per heavy atom. The van der Waals surface area contributed by atoms with E-state index in [0.717, 1.165) is 35.4 Å². The summed E-state index contributed by atoms with van der Waals surface area (Å²) in [5.41, 5.74) is 4.13. The number of amides is 1. The molecule has 0 aromatic heterocycles. The Labute approximate surface area is 350 Å². The molecule has 2 N–H and O–H groups in total. The first-order valence-electron chi connectivity index (χ1n) is 19.6.